The summed E-state index contributed by atoms with van der Waals surface area (Å²) in [7, 11) is 1.54. The fourth-order valence-corrected chi connectivity index (χ4v) is 3.13. The molecule has 1 aromatic rings. The summed E-state index contributed by atoms with van der Waals surface area (Å²) in [5.74, 6) is -0.199. The highest BCUT2D eigenvalue weighted by Crippen LogP contribution is 2.20. The van der Waals surface area contributed by atoms with E-state index in [0.717, 1.165) is 18.4 Å². The Labute approximate surface area is 149 Å². The van der Waals surface area contributed by atoms with Crippen molar-refractivity contribution in [2.45, 2.75) is 57.6 Å². The maximum absolute atomic E-state index is 12.4. The smallest absolute Gasteiger partial charge is 0.251 e. The molecule has 6 nitrogen and oxygen atoms in total. The number of benzene rings is 1. The maximum Gasteiger partial charge on any atom is 0.251 e. The molecule has 1 aliphatic rings. The van der Waals surface area contributed by atoms with Gasteiger partial charge in [-0.3, -0.25) is 9.59 Å². The van der Waals surface area contributed by atoms with Crippen LogP contribution in [0.5, 0.6) is 0 Å². The van der Waals surface area contributed by atoms with E-state index in [2.05, 4.69) is 10.6 Å². The summed E-state index contributed by atoms with van der Waals surface area (Å²) in [6.45, 7) is 2.17. The van der Waals surface area contributed by atoms with Crippen molar-refractivity contribution in [3.8, 4) is 0 Å². The molecule has 0 aromatic heterocycles. The van der Waals surface area contributed by atoms with Crippen LogP contribution in [0.4, 0.5) is 5.69 Å². The van der Waals surface area contributed by atoms with E-state index in [-0.39, 0.29) is 30.4 Å². The number of nitrogens with two attached hydrogens (primary N) is 1. The Morgan fingerprint density at radius 2 is 2.00 bits per heavy atom. The molecule has 138 valence electrons. The third kappa shape index (κ3) is 5.83. The summed E-state index contributed by atoms with van der Waals surface area (Å²) in [5.41, 5.74) is 7.71. The molecule has 0 spiro atoms. The summed E-state index contributed by atoms with van der Waals surface area (Å²) >= 11 is 0. The molecule has 25 heavy (non-hydrogen) atoms. The molecule has 2 amide bonds. The molecule has 1 aromatic carbocycles. The first-order chi connectivity index (χ1) is 12.0. The quantitative estimate of drug-likeness (QED) is 0.706. The molecule has 1 atom stereocenters. The minimum atomic E-state index is -0.291. The monoisotopic (exact) mass is 347 g/mol. The van der Waals surface area contributed by atoms with Gasteiger partial charge in [-0.25, -0.2) is 0 Å². The van der Waals surface area contributed by atoms with Gasteiger partial charge in [-0.05, 0) is 43.5 Å². The van der Waals surface area contributed by atoms with Gasteiger partial charge in [-0.1, -0.05) is 19.3 Å². The topological polar surface area (TPSA) is 93.4 Å². The zero-order valence-corrected chi connectivity index (χ0v) is 15.1. The van der Waals surface area contributed by atoms with Gasteiger partial charge in [0.25, 0.3) is 5.91 Å². The number of amides is 2. The first-order valence-electron chi connectivity index (χ1n) is 8.97. The maximum atomic E-state index is 12.4. The average molecular weight is 347 g/mol. The second-order valence-corrected chi connectivity index (χ2v) is 6.68. The van der Waals surface area contributed by atoms with Crippen LogP contribution in [0.3, 0.4) is 0 Å². The molecule has 0 heterocycles. The number of hydrogen-bond donors (Lipinski definition) is 3. The first-order valence-corrected chi connectivity index (χ1v) is 8.97. The van der Waals surface area contributed by atoms with Gasteiger partial charge in [0.2, 0.25) is 5.91 Å². The molecule has 1 unspecified atom stereocenters. The van der Waals surface area contributed by atoms with Gasteiger partial charge < -0.3 is 21.1 Å². The third-order valence-corrected chi connectivity index (χ3v) is 4.71. The highest BCUT2D eigenvalue weighted by atomic mass is 16.5. The summed E-state index contributed by atoms with van der Waals surface area (Å²) in [6.07, 6.45) is 5.65. The SMILES string of the molecule is COC(CN)CC(=O)Nc1ccc(C(=O)NC2CCCCC2)cc1C. The fourth-order valence-electron chi connectivity index (χ4n) is 3.13. The van der Waals surface area contributed by atoms with E-state index >= 15 is 0 Å². The standard InChI is InChI=1S/C19H29N3O3/c1-13-10-14(19(24)21-15-6-4-3-5-7-15)8-9-17(13)22-18(23)11-16(12-20)25-2/h8-10,15-16H,3-7,11-12,20H2,1-2H3,(H,21,24)(H,22,23). The Bertz CT molecular complexity index is 594. The Hall–Kier alpha value is -1.92. The molecule has 1 fully saturated rings. The van der Waals surface area contributed by atoms with Crippen LogP contribution >= 0.6 is 0 Å². The van der Waals surface area contributed by atoms with Gasteiger partial charge in [0, 0.05) is 30.9 Å². The fraction of sp³-hybridized carbons (Fsp3) is 0.579. The number of anilines is 1. The number of carbonyl (C=O) groups is 2. The van der Waals surface area contributed by atoms with Crippen LogP contribution < -0.4 is 16.4 Å². The number of methoxy groups -OCH3 is 1. The van der Waals surface area contributed by atoms with Crippen molar-refractivity contribution in [1.82, 2.24) is 5.32 Å². The molecule has 4 N–H and O–H groups in total. The first kappa shape index (κ1) is 19.4. The minimum absolute atomic E-state index is 0.0459. The Morgan fingerprint density at radius 1 is 1.28 bits per heavy atom. The van der Waals surface area contributed by atoms with Gasteiger partial charge in [0.15, 0.2) is 0 Å². The van der Waals surface area contributed by atoms with E-state index in [4.69, 9.17) is 10.5 Å². The van der Waals surface area contributed by atoms with E-state index in [1.807, 2.05) is 13.0 Å². The second-order valence-electron chi connectivity index (χ2n) is 6.68. The summed E-state index contributed by atoms with van der Waals surface area (Å²) < 4.78 is 5.12. The lowest BCUT2D eigenvalue weighted by atomic mass is 9.95. The van der Waals surface area contributed by atoms with Gasteiger partial charge >= 0.3 is 0 Å². The van der Waals surface area contributed by atoms with Crippen LogP contribution in [0.2, 0.25) is 0 Å². The minimum Gasteiger partial charge on any atom is -0.380 e. The lowest BCUT2D eigenvalue weighted by Gasteiger charge is -2.23. The van der Waals surface area contributed by atoms with Crippen molar-refractivity contribution >= 4 is 17.5 Å². The molecular weight excluding hydrogens is 318 g/mol. The van der Waals surface area contributed by atoms with E-state index in [1.165, 1.54) is 26.4 Å². The van der Waals surface area contributed by atoms with Crippen LogP contribution in [0.15, 0.2) is 18.2 Å². The van der Waals surface area contributed by atoms with E-state index in [9.17, 15) is 9.59 Å². The Morgan fingerprint density at radius 3 is 2.60 bits per heavy atom. The van der Waals surface area contributed by atoms with Crippen LogP contribution in [0.1, 0.15) is 54.4 Å². The van der Waals surface area contributed by atoms with Crippen molar-refractivity contribution in [1.29, 1.82) is 0 Å². The lowest BCUT2D eigenvalue weighted by molar-refractivity contribution is -0.118. The molecule has 0 saturated heterocycles. The molecule has 6 heteroatoms. The van der Waals surface area contributed by atoms with Crippen LogP contribution in [-0.4, -0.2) is 37.6 Å². The van der Waals surface area contributed by atoms with E-state index < -0.39 is 0 Å². The Balaban J connectivity index is 1.95. The highest BCUT2D eigenvalue weighted by molar-refractivity contribution is 5.96. The molecule has 0 radical (unpaired) electrons. The van der Waals surface area contributed by atoms with Crippen molar-refractivity contribution in [2.75, 3.05) is 19.0 Å². The number of hydrogen-bond acceptors (Lipinski definition) is 4. The predicted octanol–water partition coefficient (Wildman–Crippen LogP) is 2.36. The molecular formula is C19H29N3O3. The number of nitrogens with one attached hydrogen (secondary N) is 2. The molecule has 1 aliphatic carbocycles. The second kappa shape index (κ2) is 9.53. The lowest BCUT2D eigenvalue weighted by Crippen LogP contribution is -2.36. The van der Waals surface area contributed by atoms with Gasteiger partial charge in [-0.15, -0.1) is 0 Å². The third-order valence-electron chi connectivity index (χ3n) is 4.71. The Kier molecular flexibility index (Phi) is 7.40. The summed E-state index contributed by atoms with van der Waals surface area (Å²) in [4.78, 5) is 24.4. The zero-order valence-electron chi connectivity index (χ0n) is 15.1. The van der Waals surface area contributed by atoms with Gasteiger partial charge in [0.1, 0.15) is 0 Å². The molecule has 2 rings (SSSR count). The van der Waals surface area contributed by atoms with Gasteiger partial charge in [-0.2, -0.15) is 0 Å². The largest absolute Gasteiger partial charge is 0.380 e. The number of rotatable bonds is 7. The summed E-state index contributed by atoms with van der Waals surface area (Å²) in [6, 6.07) is 5.61. The van der Waals surface area contributed by atoms with E-state index in [0.29, 0.717) is 17.8 Å². The van der Waals surface area contributed by atoms with Crippen LogP contribution in [0, 0.1) is 6.92 Å². The van der Waals surface area contributed by atoms with Crippen molar-refractivity contribution in [2.24, 2.45) is 5.73 Å². The van der Waals surface area contributed by atoms with Crippen molar-refractivity contribution < 1.29 is 14.3 Å². The number of ether oxygens (including phenoxy) is 1. The molecule has 0 bridgehead atoms. The van der Waals surface area contributed by atoms with Gasteiger partial charge in [0.05, 0.1) is 12.5 Å². The van der Waals surface area contributed by atoms with Crippen molar-refractivity contribution in [3.05, 3.63) is 29.3 Å². The average Bonchev–Trinajstić information content (AvgIpc) is 2.62. The van der Waals surface area contributed by atoms with Crippen molar-refractivity contribution in [3.63, 3.8) is 0 Å². The van der Waals surface area contributed by atoms with E-state index in [1.54, 1.807) is 12.1 Å². The molecule has 0 aliphatic heterocycles. The van der Waals surface area contributed by atoms with Crippen LogP contribution in [-0.2, 0) is 9.53 Å². The number of carbonyl (C=O) groups excluding carboxylic acids is 2. The zero-order chi connectivity index (χ0) is 18.2. The van der Waals surface area contributed by atoms with Crippen LogP contribution in [0.25, 0.3) is 0 Å². The normalized spacial score (nSPS) is 16.3. The summed E-state index contributed by atoms with van der Waals surface area (Å²) in [5, 5.41) is 5.96. The molecule has 1 saturated carbocycles. The highest BCUT2D eigenvalue weighted by Gasteiger charge is 2.17. The number of aryl methyl sites for hydroxylation is 1. The predicted molar refractivity (Wildman–Crippen MR) is 98.6 cm³/mol.